The Hall–Kier alpha value is -3.55. The molecule has 8 heteroatoms. The van der Waals surface area contributed by atoms with Gasteiger partial charge in [0.2, 0.25) is 11.6 Å². The maximum atomic E-state index is 6.08. The normalized spacial score (nSPS) is 11.0. The van der Waals surface area contributed by atoms with Gasteiger partial charge in [0.05, 0.1) is 26.9 Å². The van der Waals surface area contributed by atoms with E-state index in [4.69, 9.17) is 23.0 Å². The molecule has 0 aliphatic carbocycles. The van der Waals surface area contributed by atoms with Crippen LogP contribution < -0.4 is 14.2 Å². The second-order valence-corrected chi connectivity index (χ2v) is 5.72. The molecule has 0 radical (unpaired) electrons. The highest BCUT2D eigenvalue weighted by molar-refractivity contribution is 5.90. The van der Waals surface area contributed by atoms with Crippen molar-refractivity contribution in [1.82, 2.24) is 15.2 Å². The van der Waals surface area contributed by atoms with Gasteiger partial charge in [-0.15, -0.1) is 10.2 Å². The summed E-state index contributed by atoms with van der Waals surface area (Å²) in [5, 5.41) is 7.94. The van der Waals surface area contributed by atoms with Gasteiger partial charge < -0.3 is 23.0 Å². The number of hydrogen-bond donors (Lipinski definition) is 0. The second-order valence-electron chi connectivity index (χ2n) is 5.72. The van der Waals surface area contributed by atoms with Crippen LogP contribution in [0.3, 0.4) is 0 Å². The Morgan fingerprint density at radius 1 is 0.889 bits per heavy atom. The third-order valence-electron chi connectivity index (χ3n) is 4.12. The smallest absolute Gasteiger partial charge is 0.251 e. The molecule has 4 rings (SSSR count). The second kappa shape index (κ2) is 6.64. The Labute approximate surface area is 154 Å². The SMILES string of the molecule is COc1cc(-c2cc3nccc(-c4nnc(C)o4)c3o2)cc(OC)c1OC. The molecule has 0 aliphatic heterocycles. The van der Waals surface area contributed by atoms with E-state index >= 15 is 0 Å². The topological polar surface area (TPSA) is 92.6 Å². The molecule has 3 aromatic heterocycles. The van der Waals surface area contributed by atoms with Gasteiger partial charge in [-0.1, -0.05) is 0 Å². The third-order valence-corrected chi connectivity index (χ3v) is 4.12. The van der Waals surface area contributed by atoms with Crippen LogP contribution >= 0.6 is 0 Å². The minimum absolute atomic E-state index is 0.380. The number of pyridine rings is 1. The Morgan fingerprint density at radius 2 is 1.63 bits per heavy atom. The van der Waals surface area contributed by atoms with E-state index in [1.165, 1.54) is 0 Å². The summed E-state index contributed by atoms with van der Waals surface area (Å²) < 4.78 is 27.8. The van der Waals surface area contributed by atoms with Crippen molar-refractivity contribution in [2.75, 3.05) is 21.3 Å². The third kappa shape index (κ3) is 2.84. The van der Waals surface area contributed by atoms with E-state index in [2.05, 4.69) is 15.2 Å². The lowest BCUT2D eigenvalue weighted by atomic mass is 10.1. The fourth-order valence-electron chi connectivity index (χ4n) is 2.88. The van der Waals surface area contributed by atoms with Crippen LogP contribution in [0.1, 0.15) is 5.89 Å². The first-order valence-corrected chi connectivity index (χ1v) is 8.14. The largest absolute Gasteiger partial charge is 0.493 e. The summed E-state index contributed by atoms with van der Waals surface area (Å²) in [5.74, 6) is 3.04. The summed E-state index contributed by atoms with van der Waals surface area (Å²) >= 11 is 0. The molecular weight excluding hydrogens is 350 g/mol. The highest BCUT2D eigenvalue weighted by atomic mass is 16.5. The van der Waals surface area contributed by atoms with E-state index in [0.717, 1.165) is 5.56 Å². The summed E-state index contributed by atoms with van der Waals surface area (Å²) in [6.45, 7) is 1.73. The van der Waals surface area contributed by atoms with Crippen LogP contribution in [0, 0.1) is 6.92 Å². The van der Waals surface area contributed by atoms with E-state index in [1.807, 2.05) is 18.2 Å². The van der Waals surface area contributed by atoms with Crippen LogP contribution in [0.2, 0.25) is 0 Å². The van der Waals surface area contributed by atoms with Crippen molar-refractivity contribution in [3.05, 3.63) is 36.4 Å². The van der Waals surface area contributed by atoms with Gasteiger partial charge in [-0.25, -0.2) is 0 Å². The van der Waals surface area contributed by atoms with Crippen LogP contribution in [0.5, 0.6) is 17.2 Å². The van der Waals surface area contributed by atoms with E-state index in [9.17, 15) is 0 Å². The van der Waals surface area contributed by atoms with E-state index < -0.39 is 0 Å². The van der Waals surface area contributed by atoms with Crippen LogP contribution in [0.15, 0.2) is 39.3 Å². The van der Waals surface area contributed by atoms with Gasteiger partial charge in [0.15, 0.2) is 17.1 Å². The van der Waals surface area contributed by atoms with E-state index in [-0.39, 0.29) is 0 Å². The molecule has 138 valence electrons. The Kier molecular flexibility index (Phi) is 4.15. The highest BCUT2D eigenvalue weighted by Crippen LogP contribution is 2.42. The maximum Gasteiger partial charge on any atom is 0.251 e. The van der Waals surface area contributed by atoms with Crippen LogP contribution in [-0.2, 0) is 0 Å². The van der Waals surface area contributed by atoms with Crippen LogP contribution in [0.4, 0.5) is 0 Å². The molecule has 4 aromatic rings. The van der Waals surface area contributed by atoms with Gasteiger partial charge in [0.1, 0.15) is 11.3 Å². The molecule has 0 amide bonds. The van der Waals surface area contributed by atoms with Crippen molar-refractivity contribution >= 4 is 11.1 Å². The minimum atomic E-state index is 0.380. The lowest BCUT2D eigenvalue weighted by molar-refractivity contribution is 0.324. The Bertz CT molecular complexity index is 1090. The number of aromatic nitrogens is 3. The zero-order valence-electron chi connectivity index (χ0n) is 15.3. The van der Waals surface area contributed by atoms with Crippen LogP contribution in [0.25, 0.3) is 33.9 Å². The number of benzene rings is 1. The summed E-state index contributed by atoms with van der Waals surface area (Å²) in [6.07, 6.45) is 1.67. The first-order chi connectivity index (χ1) is 13.1. The number of hydrogen-bond acceptors (Lipinski definition) is 8. The first-order valence-electron chi connectivity index (χ1n) is 8.14. The molecule has 0 aliphatic rings. The molecule has 1 aromatic carbocycles. The number of nitrogens with zero attached hydrogens (tertiary/aromatic N) is 3. The molecule has 8 nitrogen and oxygen atoms in total. The Balaban J connectivity index is 1.88. The standard InChI is InChI=1S/C19H17N3O5/c1-10-21-22-19(26-10)12-5-6-20-13-9-14(27-17(12)13)11-7-15(23-2)18(25-4)16(8-11)24-3/h5-9H,1-4H3. The first kappa shape index (κ1) is 16.9. The van der Waals surface area contributed by atoms with Crippen molar-refractivity contribution in [3.63, 3.8) is 0 Å². The quantitative estimate of drug-likeness (QED) is 0.525. The van der Waals surface area contributed by atoms with Gasteiger partial charge >= 0.3 is 0 Å². The zero-order valence-corrected chi connectivity index (χ0v) is 15.3. The molecular formula is C19H17N3O5. The van der Waals surface area contributed by atoms with Crippen molar-refractivity contribution in [1.29, 1.82) is 0 Å². The molecule has 3 heterocycles. The Morgan fingerprint density at radius 3 is 2.22 bits per heavy atom. The average molecular weight is 367 g/mol. The predicted octanol–water partition coefficient (Wildman–Crippen LogP) is 3.88. The summed E-state index contributed by atoms with van der Waals surface area (Å²) in [4.78, 5) is 4.37. The van der Waals surface area contributed by atoms with Gasteiger partial charge in [0, 0.05) is 24.8 Å². The van der Waals surface area contributed by atoms with Gasteiger partial charge in [0.25, 0.3) is 5.89 Å². The molecule has 0 unspecified atom stereocenters. The zero-order chi connectivity index (χ0) is 19.0. The number of ether oxygens (including phenoxy) is 3. The minimum Gasteiger partial charge on any atom is -0.493 e. The molecule has 0 saturated carbocycles. The highest BCUT2D eigenvalue weighted by Gasteiger charge is 2.19. The van der Waals surface area contributed by atoms with Gasteiger partial charge in [-0.3, -0.25) is 4.98 Å². The average Bonchev–Trinajstić information content (AvgIpc) is 3.32. The molecule has 0 atom stereocenters. The van der Waals surface area contributed by atoms with Gasteiger partial charge in [-0.05, 0) is 18.2 Å². The van der Waals surface area contributed by atoms with Crippen molar-refractivity contribution < 1.29 is 23.0 Å². The lowest BCUT2D eigenvalue weighted by Gasteiger charge is -2.13. The monoisotopic (exact) mass is 367 g/mol. The number of rotatable bonds is 5. The van der Waals surface area contributed by atoms with Crippen molar-refractivity contribution in [2.45, 2.75) is 6.92 Å². The summed E-state index contributed by atoms with van der Waals surface area (Å²) in [5.41, 5.74) is 2.67. The molecule has 0 N–H and O–H groups in total. The van der Waals surface area contributed by atoms with Crippen molar-refractivity contribution in [3.8, 4) is 40.0 Å². The number of furan rings is 1. The number of fused-ring (bicyclic) bond motifs is 1. The number of methoxy groups -OCH3 is 3. The van der Waals surface area contributed by atoms with Crippen molar-refractivity contribution in [2.24, 2.45) is 0 Å². The van der Waals surface area contributed by atoms with Crippen LogP contribution in [-0.4, -0.2) is 36.5 Å². The fraction of sp³-hybridized carbons (Fsp3) is 0.211. The predicted molar refractivity (Wildman–Crippen MR) is 97.1 cm³/mol. The van der Waals surface area contributed by atoms with E-state index in [0.29, 0.717) is 51.5 Å². The van der Waals surface area contributed by atoms with Gasteiger partial charge in [-0.2, -0.15) is 0 Å². The summed E-state index contributed by atoms with van der Waals surface area (Å²) in [7, 11) is 4.69. The maximum absolute atomic E-state index is 6.08. The van der Waals surface area contributed by atoms with E-state index in [1.54, 1.807) is 40.5 Å². The molecule has 27 heavy (non-hydrogen) atoms. The molecule has 0 saturated heterocycles. The molecule has 0 fully saturated rings. The number of aryl methyl sites for hydroxylation is 1. The molecule has 0 bridgehead atoms. The summed E-state index contributed by atoms with van der Waals surface area (Å²) in [6, 6.07) is 7.24. The fourth-order valence-corrected chi connectivity index (χ4v) is 2.88. The lowest BCUT2D eigenvalue weighted by Crippen LogP contribution is -1.95. The molecule has 0 spiro atoms.